The molecule has 0 aliphatic rings. The van der Waals surface area contributed by atoms with E-state index in [1.807, 2.05) is 18.4 Å². The Labute approximate surface area is 104 Å². The lowest BCUT2D eigenvalue weighted by atomic mass is 9.97. The van der Waals surface area contributed by atoms with Crippen molar-refractivity contribution >= 4 is 11.3 Å². The zero-order valence-corrected chi connectivity index (χ0v) is 10.8. The van der Waals surface area contributed by atoms with Crippen molar-refractivity contribution in [3.05, 3.63) is 40.0 Å². The molecule has 1 atom stereocenters. The Balaban J connectivity index is 2.55. The van der Waals surface area contributed by atoms with Gasteiger partial charge in [-0.05, 0) is 30.9 Å². The SMILES string of the molecule is COc1nccnc1C(C)(O)c1sccc1C. The van der Waals surface area contributed by atoms with Gasteiger partial charge in [-0.25, -0.2) is 4.98 Å². The van der Waals surface area contributed by atoms with E-state index in [0.29, 0.717) is 11.6 Å². The Morgan fingerprint density at radius 2 is 2.06 bits per heavy atom. The van der Waals surface area contributed by atoms with Crippen LogP contribution in [-0.4, -0.2) is 22.2 Å². The molecule has 2 rings (SSSR count). The number of nitrogens with zero attached hydrogens (tertiary/aromatic N) is 2. The van der Waals surface area contributed by atoms with Gasteiger partial charge >= 0.3 is 0 Å². The number of thiophene rings is 1. The predicted octanol–water partition coefficient (Wildman–Crippen LogP) is 2.11. The predicted molar refractivity (Wildman–Crippen MR) is 66.3 cm³/mol. The molecule has 0 aliphatic carbocycles. The van der Waals surface area contributed by atoms with Crippen LogP contribution in [0.1, 0.15) is 23.1 Å². The molecule has 0 bridgehead atoms. The van der Waals surface area contributed by atoms with E-state index < -0.39 is 5.60 Å². The Hall–Kier alpha value is -1.46. The second-order valence-corrected chi connectivity index (χ2v) is 4.84. The lowest BCUT2D eigenvalue weighted by molar-refractivity contribution is 0.0962. The maximum absolute atomic E-state index is 10.7. The first-order valence-corrected chi connectivity index (χ1v) is 6.07. The van der Waals surface area contributed by atoms with Crippen LogP contribution in [0.5, 0.6) is 5.88 Å². The number of hydrogen-bond donors (Lipinski definition) is 1. The van der Waals surface area contributed by atoms with E-state index >= 15 is 0 Å². The molecule has 0 saturated heterocycles. The molecular weight excluding hydrogens is 236 g/mol. The molecule has 1 unspecified atom stereocenters. The van der Waals surface area contributed by atoms with Gasteiger partial charge in [0.2, 0.25) is 5.88 Å². The molecule has 0 aromatic carbocycles. The van der Waals surface area contributed by atoms with Crippen molar-refractivity contribution in [2.24, 2.45) is 0 Å². The fraction of sp³-hybridized carbons (Fsp3) is 0.333. The third-order valence-electron chi connectivity index (χ3n) is 2.62. The normalized spacial score (nSPS) is 14.4. The van der Waals surface area contributed by atoms with Crippen LogP contribution in [0.3, 0.4) is 0 Å². The van der Waals surface area contributed by atoms with Gasteiger partial charge in [-0.1, -0.05) is 0 Å². The minimum absolute atomic E-state index is 0.352. The van der Waals surface area contributed by atoms with Crippen LogP contribution >= 0.6 is 11.3 Å². The number of rotatable bonds is 3. The minimum atomic E-state index is -1.18. The number of aliphatic hydroxyl groups is 1. The summed E-state index contributed by atoms with van der Waals surface area (Å²) in [4.78, 5) is 9.11. The zero-order chi connectivity index (χ0) is 12.5. The maximum atomic E-state index is 10.7. The van der Waals surface area contributed by atoms with Gasteiger partial charge in [0.15, 0.2) is 0 Å². The average molecular weight is 250 g/mol. The van der Waals surface area contributed by atoms with Crippen molar-refractivity contribution in [1.82, 2.24) is 9.97 Å². The van der Waals surface area contributed by atoms with Gasteiger partial charge in [0.25, 0.3) is 0 Å². The van der Waals surface area contributed by atoms with E-state index in [9.17, 15) is 5.11 Å². The standard InChI is InChI=1S/C12H14N2O2S/c1-8-4-7-17-10(8)12(2,15)9-11(16-3)14-6-5-13-9/h4-7,15H,1-3H3. The van der Waals surface area contributed by atoms with Gasteiger partial charge in [-0.2, -0.15) is 0 Å². The monoisotopic (exact) mass is 250 g/mol. The van der Waals surface area contributed by atoms with E-state index in [2.05, 4.69) is 9.97 Å². The Kier molecular flexibility index (Phi) is 3.13. The summed E-state index contributed by atoms with van der Waals surface area (Å²) in [6, 6.07) is 1.97. The Morgan fingerprint density at radius 3 is 2.65 bits per heavy atom. The van der Waals surface area contributed by atoms with Crippen LogP contribution in [-0.2, 0) is 5.60 Å². The van der Waals surface area contributed by atoms with Crippen LogP contribution < -0.4 is 4.74 Å². The van der Waals surface area contributed by atoms with Crippen LogP contribution in [0, 0.1) is 6.92 Å². The number of methoxy groups -OCH3 is 1. The van der Waals surface area contributed by atoms with Gasteiger partial charge in [0.1, 0.15) is 11.3 Å². The van der Waals surface area contributed by atoms with Gasteiger partial charge in [-0.3, -0.25) is 4.98 Å². The second-order valence-electron chi connectivity index (χ2n) is 3.92. The van der Waals surface area contributed by atoms with Gasteiger partial charge in [-0.15, -0.1) is 11.3 Å². The summed E-state index contributed by atoms with van der Waals surface area (Å²) in [5.41, 5.74) is 0.290. The first-order valence-electron chi connectivity index (χ1n) is 5.19. The molecule has 90 valence electrons. The summed E-state index contributed by atoms with van der Waals surface area (Å²) in [5, 5.41) is 12.6. The third kappa shape index (κ3) is 2.03. The third-order valence-corrected chi connectivity index (χ3v) is 3.85. The number of hydrogen-bond acceptors (Lipinski definition) is 5. The molecule has 0 spiro atoms. The van der Waals surface area contributed by atoms with Gasteiger partial charge in [0.05, 0.1) is 7.11 Å². The Morgan fingerprint density at radius 1 is 1.35 bits per heavy atom. The van der Waals surface area contributed by atoms with Crippen molar-refractivity contribution in [3.63, 3.8) is 0 Å². The topological polar surface area (TPSA) is 55.2 Å². The molecule has 0 amide bonds. The molecule has 1 N–H and O–H groups in total. The summed E-state index contributed by atoms with van der Waals surface area (Å²) in [6.45, 7) is 3.67. The molecule has 2 aromatic rings. The van der Waals surface area contributed by atoms with E-state index in [1.54, 1.807) is 19.3 Å². The molecular formula is C12H14N2O2S. The van der Waals surface area contributed by atoms with Crippen LogP contribution in [0.2, 0.25) is 0 Å². The Bertz CT molecular complexity index is 523. The second kappa shape index (κ2) is 4.43. The van der Waals surface area contributed by atoms with Crippen LogP contribution in [0.15, 0.2) is 23.8 Å². The average Bonchev–Trinajstić information content (AvgIpc) is 2.76. The molecule has 0 aliphatic heterocycles. The van der Waals surface area contributed by atoms with Crippen molar-refractivity contribution < 1.29 is 9.84 Å². The fourth-order valence-electron chi connectivity index (χ4n) is 1.79. The first-order chi connectivity index (χ1) is 8.07. The van der Waals surface area contributed by atoms with Gasteiger partial charge in [0, 0.05) is 17.3 Å². The first kappa shape index (κ1) is 12.0. The summed E-state index contributed by atoms with van der Waals surface area (Å²) >= 11 is 1.50. The van der Waals surface area contributed by atoms with E-state index in [4.69, 9.17) is 4.74 Å². The summed E-state index contributed by atoms with van der Waals surface area (Å²) in [6.07, 6.45) is 3.09. The smallest absolute Gasteiger partial charge is 0.238 e. The molecule has 0 fully saturated rings. The molecule has 0 saturated carbocycles. The quantitative estimate of drug-likeness (QED) is 0.906. The molecule has 0 radical (unpaired) electrons. The van der Waals surface area contributed by atoms with Crippen molar-refractivity contribution in [3.8, 4) is 5.88 Å². The highest BCUT2D eigenvalue weighted by atomic mass is 32.1. The molecule has 17 heavy (non-hydrogen) atoms. The van der Waals surface area contributed by atoms with Crippen molar-refractivity contribution in [1.29, 1.82) is 0 Å². The lowest BCUT2D eigenvalue weighted by Gasteiger charge is -2.23. The lowest BCUT2D eigenvalue weighted by Crippen LogP contribution is -2.25. The number of aryl methyl sites for hydroxylation is 1. The van der Waals surface area contributed by atoms with Gasteiger partial charge < -0.3 is 9.84 Å². The zero-order valence-electron chi connectivity index (χ0n) is 9.97. The number of ether oxygens (including phenoxy) is 1. The fourth-order valence-corrected chi connectivity index (χ4v) is 2.78. The van der Waals surface area contributed by atoms with Crippen molar-refractivity contribution in [2.45, 2.75) is 19.4 Å². The summed E-state index contributed by atoms with van der Waals surface area (Å²) in [5.74, 6) is 0.352. The highest BCUT2D eigenvalue weighted by molar-refractivity contribution is 7.10. The van der Waals surface area contributed by atoms with E-state index in [-0.39, 0.29) is 0 Å². The highest BCUT2D eigenvalue weighted by Gasteiger charge is 2.33. The maximum Gasteiger partial charge on any atom is 0.238 e. The minimum Gasteiger partial charge on any atom is -0.480 e. The molecule has 2 aromatic heterocycles. The largest absolute Gasteiger partial charge is 0.480 e. The van der Waals surface area contributed by atoms with Crippen molar-refractivity contribution in [2.75, 3.05) is 7.11 Å². The summed E-state index contributed by atoms with van der Waals surface area (Å²) < 4.78 is 5.14. The molecule has 2 heterocycles. The highest BCUT2D eigenvalue weighted by Crippen LogP contribution is 2.36. The molecule has 5 heteroatoms. The summed E-state index contributed by atoms with van der Waals surface area (Å²) in [7, 11) is 1.52. The van der Waals surface area contributed by atoms with E-state index in [1.165, 1.54) is 18.4 Å². The van der Waals surface area contributed by atoms with E-state index in [0.717, 1.165) is 10.4 Å². The molecule has 4 nitrogen and oxygen atoms in total. The number of aromatic nitrogens is 2. The van der Waals surface area contributed by atoms with Crippen LogP contribution in [0.4, 0.5) is 0 Å². The van der Waals surface area contributed by atoms with Crippen LogP contribution in [0.25, 0.3) is 0 Å².